The number of carboxylic acid groups (broad SMARTS) is 1. The first-order valence-electron chi connectivity index (χ1n) is 9.18. The number of aliphatic carboxylic acids is 1. The molecule has 1 heterocycles. The molecule has 7 heteroatoms. The lowest BCUT2D eigenvalue weighted by molar-refractivity contribution is -0.137. The average molecular weight is 396 g/mol. The molecule has 0 radical (unpaired) electrons. The van der Waals surface area contributed by atoms with E-state index >= 15 is 0 Å². The van der Waals surface area contributed by atoms with E-state index in [2.05, 4.69) is 5.32 Å². The predicted octanol–water partition coefficient (Wildman–Crippen LogP) is 3.42. The summed E-state index contributed by atoms with van der Waals surface area (Å²) in [5.74, 6) is -2.14. The highest BCUT2D eigenvalue weighted by molar-refractivity contribution is 5.82. The summed E-state index contributed by atoms with van der Waals surface area (Å²) >= 11 is 0. The molecule has 0 saturated heterocycles. The molecule has 1 aliphatic rings. The minimum absolute atomic E-state index is 0.0295. The number of carbonyl (C=O) groups excluding carboxylic acids is 2. The molecule has 0 aromatic heterocycles. The Bertz CT molecular complexity index is 956. The lowest BCUT2D eigenvalue weighted by atomic mass is 9.93. The van der Waals surface area contributed by atoms with Gasteiger partial charge in [0.25, 0.3) is 0 Å². The average Bonchev–Trinajstić information content (AvgIpc) is 2.67. The van der Waals surface area contributed by atoms with Gasteiger partial charge in [-0.05, 0) is 34.9 Å². The van der Waals surface area contributed by atoms with Crippen LogP contribution in [0.3, 0.4) is 0 Å². The topological polar surface area (TPSA) is 86.7 Å². The van der Waals surface area contributed by atoms with Crippen molar-refractivity contribution in [2.75, 3.05) is 0 Å². The molecule has 0 fully saturated rings. The van der Waals surface area contributed by atoms with Gasteiger partial charge in [0.15, 0.2) is 0 Å². The molecule has 1 aliphatic heterocycles. The number of benzene rings is 2. The number of nitrogens with zero attached hydrogens (tertiary/aromatic N) is 1. The Hall–Kier alpha value is -3.48. The zero-order valence-electron chi connectivity index (χ0n) is 15.8. The smallest absolute Gasteiger partial charge is 0.305 e. The summed E-state index contributed by atoms with van der Waals surface area (Å²) in [6.07, 6.45) is 3.10. The number of nitrogens with one attached hydrogen (secondary N) is 1. The van der Waals surface area contributed by atoms with Gasteiger partial charge < -0.3 is 15.3 Å². The molecule has 29 heavy (non-hydrogen) atoms. The van der Waals surface area contributed by atoms with Crippen LogP contribution in [0.15, 0.2) is 54.7 Å². The molecule has 0 saturated carbocycles. The van der Waals surface area contributed by atoms with Crippen LogP contribution >= 0.6 is 0 Å². The van der Waals surface area contributed by atoms with Gasteiger partial charge >= 0.3 is 5.97 Å². The summed E-state index contributed by atoms with van der Waals surface area (Å²) in [6.45, 7) is 1.43. The van der Waals surface area contributed by atoms with Gasteiger partial charge in [-0.15, -0.1) is 0 Å². The molecule has 2 atom stereocenters. The lowest BCUT2D eigenvalue weighted by Crippen LogP contribution is -2.37. The molecule has 2 aromatic rings. The molecule has 2 aromatic carbocycles. The summed E-state index contributed by atoms with van der Waals surface area (Å²) in [7, 11) is 0. The zero-order valence-corrected chi connectivity index (χ0v) is 15.8. The van der Waals surface area contributed by atoms with Crippen molar-refractivity contribution in [1.29, 1.82) is 0 Å². The van der Waals surface area contributed by atoms with Crippen molar-refractivity contribution in [1.82, 2.24) is 10.2 Å². The third kappa shape index (κ3) is 4.87. The van der Waals surface area contributed by atoms with Crippen LogP contribution < -0.4 is 5.32 Å². The van der Waals surface area contributed by atoms with Crippen LogP contribution in [0.2, 0.25) is 0 Å². The largest absolute Gasteiger partial charge is 0.481 e. The van der Waals surface area contributed by atoms with Crippen molar-refractivity contribution < 1.29 is 23.9 Å². The highest BCUT2D eigenvalue weighted by Crippen LogP contribution is 2.33. The summed E-state index contributed by atoms with van der Waals surface area (Å²) in [5, 5.41) is 11.9. The summed E-state index contributed by atoms with van der Waals surface area (Å²) in [4.78, 5) is 37.6. The van der Waals surface area contributed by atoms with E-state index in [-0.39, 0.29) is 18.7 Å². The van der Waals surface area contributed by atoms with E-state index in [1.807, 2.05) is 30.3 Å². The predicted molar refractivity (Wildman–Crippen MR) is 105 cm³/mol. The van der Waals surface area contributed by atoms with E-state index in [0.717, 1.165) is 11.1 Å². The Labute approximate surface area is 167 Å². The zero-order chi connectivity index (χ0) is 21.0. The maximum atomic E-state index is 13.2. The maximum Gasteiger partial charge on any atom is 0.305 e. The second-order valence-corrected chi connectivity index (χ2v) is 6.86. The van der Waals surface area contributed by atoms with Gasteiger partial charge in [0.05, 0.1) is 24.9 Å². The minimum atomic E-state index is -1.09. The fourth-order valence-corrected chi connectivity index (χ4v) is 3.46. The van der Waals surface area contributed by atoms with E-state index in [4.69, 9.17) is 0 Å². The number of amides is 2. The van der Waals surface area contributed by atoms with Crippen LogP contribution in [0.25, 0.3) is 6.08 Å². The molecular formula is C22H21FN2O4. The summed E-state index contributed by atoms with van der Waals surface area (Å²) < 4.78 is 13.2. The van der Waals surface area contributed by atoms with Crippen LogP contribution in [0.5, 0.6) is 0 Å². The number of carbonyl (C=O) groups is 3. The first-order valence-corrected chi connectivity index (χ1v) is 9.18. The lowest BCUT2D eigenvalue weighted by Gasteiger charge is -2.32. The second-order valence-electron chi connectivity index (χ2n) is 6.86. The van der Waals surface area contributed by atoms with Crippen LogP contribution in [-0.4, -0.2) is 27.8 Å². The van der Waals surface area contributed by atoms with Gasteiger partial charge in [-0.25, -0.2) is 4.39 Å². The van der Waals surface area contributed by atoms with Crippen molar-refractivity contribution in [2.45, 2.75) is 31.8 Å². The van der Waals surface area contributed by atoms with Gasteiger partial charge in [0, 0.05) is 13.1 Å². The van der Waals surface area contributed by atoms with Crippen LogP contribution in [0, 0.1) is 5.82 Å². The molecule has 0 aliphatic carbocycles. The Morgan fingerprint density at radius 3 is 2.48 bits per heavy atom. The quantitative estimate of drug-likeness (QED) is 0.783. The highest BCUT2D eigenvalue weighted by atomic mass is 19.1. The third-order valence-electron chi connectivity index (χ3n) is 4.83. The fourth-order valence-electron chi connectivity index (χ4n) is 3.46. The first-order chi connectivity index (χ1) is 13.8. The second kappa shape index (κ2) is 8.68. The van der Waals surface area contributed by atoms with Crippen LogP contribution in [-0.2, 0) is 14.4 Å². The minimum Gasteiger partial charge on any atom is -0.481 e. The SMILES string of the molecule is CC(=O)N1C=Cc2ccccc2[C@H]1CC(=O)N[C@H](CC(=O)O)c1ccc(F)cc1. The standard InChI is InChI=1S/C22H21FN2O4/c1-14(26)25-11-10-15-4-2-3-5-18(15)20(25)13-21(27)24-19(12-22(28)29)16-6-8-17(23)9-7-16/h2-11,19-20H,12-13H2,1H3,(H,24,27)(H,28,29)/t19-,20-/m1/s1. The van der Waals surface area contributed by atoms with Gasteiger partial charge in [-0.2, -0.15) is 0 Å². The number of carboxylic acids is 1. The van der Waals surface area contributed by atoms with Gasteiger partial charge in [-0.3, -0.25) is 14.4 Å². The molecule has 0 spiro atoms. The number of hydrogen-bond donors (Lipinski definition) is 2. The van der Waals surface area contributed by atoms with Crippen molar-refractivity contribution in [2.24, 2.45) is 0 Å². The van der Waals surface area contributed by atoms with Crippen LogP contribution in [0.4, 0.5) is 4.39 Å². The van der Waals surface area contributed by atoms with Crippen LogP contribution in [0.1, 0.15) is 48.5 Å². The number of halogens is 1. The summed E-state index contributed by atoms with van der Waals surface area (Å²) in [6, 6.07) is 11.5. The number of hydrogen-bond acceptors (Lipinski definition) is 3. The molecule has 0 unspecified atom stereocenters. The van der Waals surface area contributed by atoms with Crippen molar-refractivity contribution in [3.63, 3.8) is 0 Å². The molecule has 6 nitrogen and oxygen atoms in total. The molecule has 150 valence electrons. The van der Waals surface area contributed by atoms with Crippen molar-refractivity contribution in [3.05, 3.63) is 77.2 Å². The normalized spacial score (nSPS) is 16.1. The monoisotopic (exact) mass is 396 g/mol. The van der Waals surface area contributed by atoms with E-state index in [0.29, 0.717) is 5.56 Å². The number of fused-ring (bicyclic) bond motifs is 1. The molecular weight excluding hydrogens is 375 g/mol. The Morgan fingerprint density at radius 1 is 1.14 bits per heavy atom. The molecule has 3 rings (SSSR count). The maximum absolute atomic E-state index is 13.2. The van der Waals surface area contributed by atoms with Gasteiger partial charge in [-0.1, -0.05) is 36.4 Å². The van der Waals surface area contributed by atoms with Gasteiger partial charge in [0.1, 0.15) is 5.82 Å². The van der Waals surface area contributed by atoms with Gasteiger partial charge in [0.2, 0.25) is 11.8 Å². The third-order valence-corrected chi connectivity index (χ3v) is 4.83. The molecule has 2 amide bonds. The van der Waals surface area contributed by atoms with E-state index in [1.54, 1.807) is 6.20 Å². The Balaban J connectivity index is 1.81. The van der Waals surface area contributed by atoms with Crippen molar-refractivity contribution >= 4 is 23.9 Å². The fraction of sp³-hybridized carbons (Fsp3) is 0.227. The van der Waals surface area contributed by atoms with E-state index in [1.165, 1.54) is 36.1 Å². The first kappa shape index (κ1) is 20.3. The summed E-state index contributed by atoms with van der Waals surface area (Å²) in [5.41, 5.74) is 2.26. The van der Waals surface area contributed by atoms with E-state index in [9.17, 15) is 23.9 Å². The Morgan fingerprint density at radius 2 is 1.83 bits per heavy atom. The Kier molecular flexibility index (Phi) is 6.07. The number of rotatable bonds is 6. The van der Waals surface area contributed by atoms with E-state index < -0.39 is 29.8 Å². The molecule has 2 N–H and O–H groups in total. The van der Waals surface area contributed by atoms with Crippen molar-refractivity contribution in [3.8, 4) is 0 Å². The highest BCUT2D eigenvalue weighted by Gasteiger charge is 2.29. The molecule has 0 bridgehead atoms.